The van der Waals surface area contributed by atoms with Crippen LogP contribution < -0.4 is 0 Å². The molecule has 26 heavy (non-hydrogen) atoms. The van der Waals surface area contributed by atoms with Gasteiger partial charge in [0.25, 0.3) is 0 Å². The fraction of sp³-hybridized carbons (Fsp3) is 0.579. The van der Waals surface area contributed by atoms with Crippen molar-refractivity contribution in [2.75, 3.05) is 5.88 Å². The summed E-state index contributed by atoms with van der Waals surface area (Å²) in [5, 5.41) is 21.4. The van der Waals surface area contributed by atoms with Crippen LogP contribution in [-0.2, 0) is 19.1 Å². The first-order valence-corrected chi connectivity index (χ1v) is 9.05. The molecule has 1 saturated heterocycles. The highest BCUT2D eigenvalue weighted by Crippen LogP contribution is 2.55. The molecule has 1 aliphatic heterocycles. The normalized spacial score (nSPS) is 41.9. The van der Waals surface area contributed by atoms with Crippen molar-refractivity contribution >= 4 is 23.5 Å². The van der Waals surface area contributed by atoms with E-state index in [0.29, 0.717) is 5.57 Å². The number of hydrogen-bond acceptors (Lipinski definition) is 6. The van der Waals surface area contributed by atoms with Crippen LogP contribution in [0, 0.1) is 17.8 Å². The number of aliphatic hydroxyl groups excluding tert-OH is 1. The summed E-state index contributed by atoms with van der Waals surface area (Å²) < 4.78 is 11.1. The summed E-state index contributed by atoms with van der Waals surface area (Å²) in [5.41, 5.74) is -0.495. The Hall–Kier alpha value is -1.63. The topological polar surface area (TPSA) is 93.1 Å². The Morgan fingerprint density at radius 2 is 2.12 bits per heavy atom. The molecule has 0 aromatic carbocycles. The molecule has 7 atom stereocenters. The van der Waals surface area contributed by atoms with Gasteiger partial charge in [0.1, 0.15) is 17.8 Å². The summed E-state index contributed by atoms with van der Waals surface area (Å²) in [6.07, 6.45) is -2.04. The zero-order valence-electron chi connectivity index (χ0n) is 14.6. The number of rotatable bonds is 3. The fourth-order valence-corrected chi connectivity index (χ4v) is 4.86. The monoisotopic (exact) mass is 382 g/mol. The molecule has 3 aliphatic rings. The van der Waals surface area contributed by atoms with E-state index in [1.54, 1.807) is 0 Å². The van der Waals surface area contributed by atoms with Crippen LogP contribution in [0.15, 0.2) is 36.5 Å². The third-order valence-electron chi connectivity index (χ3n) is 5.89. The predicted octanol–water partition coefficient (Wildman–Crippen LogP) is 1.50. The van der Waals surface area contributed by atoms with Crippen LogP contribution in [0.5, 0.6) is 0 Å². The van der Waals surface area contributed by atoms with Crippen molar-refractivity contribution in [3.05, 3.63) is 36.5 Å². The average molecular weight is 383 g/mol. The molecule has 142 valence electrons. The number of ether oxygens (including phenoxy) is 2. The molecule has 0 amide bonds. The molecule has 6 nitrogen and oxygen atoms in total. The number of halogens is 1. The van der Waals surface area contributed by atoms with E-state index in [0.717, 1.165) is 0 Å². The van der Waals surface area contributed by atoms with E-state index in [2.05, 4.69) is 19.7 Å². The van der Waals surface area contributed by atoms with Gasteiger partial charge in [-0.1, -0.05) is 25.3 Å². The molecule has 3 fully saturated rings. The first kappa shape index (κ1) is 19.1. The van der Waals surface area contributed by atoms with Gasteiger partial charge in [-0.3, -0.25) is 0 Å². The van der Waals surface area contributed by atoms with Crippen LogP contribution in [0.25, 0.3) is 0 Å². The van der Waals surface area contributed by atoms with Crippen LogP contribution in [-0.4, -0.2) is 51.9 Å². The summed E-state index contributed by atoms with van der Waals surface area (Å²) in [5.74, 6) is -2.99. The number of alkyl halides is 1. The Labute approximate surface area is 157 Å². The maximum Gasteiger partial charge on any atom is 0.334 e. The third kappa shape index (κ3) is 2.71. The quantitative estimate of drug-likeness (QED) is 0.332. The third-order valence-corrected chi connectivity index (χ3v) is 6.32. The van der Waals surface area contributed by atoms with Gasteiger partial charge in [-0.15, -0.1) is 11.6 Å². The number of hydrogen-bond donors (Lipinski definition) is 2. The van der Waals surface area contributed by atoms with Gasteiger partial charge < -0.3 is 19.7 Å². The smallest absolute Gasteiger partial charge is 0.334 e. The average Bonchev–Trinajstić information content (AvgIpc) is 2.97. The molecule has 0 spiro atoms. The molecular weight excluding hydrogens is 360 g/mol. The highest BCUT2D eigenvalue weighted by molar-refractivity contribution is 6.18. The molecule has 3 rings (SSSR count). The SMILES string of the molecule is C=C(C)C(=O)O[C@H]1CC(=C)[C@@H]2C[C@H](O)[C@@](O)(CCl)[C@@H]2[C@H]2OC(=O)C(=C)[C@@H]21. The highest BCUT2D eigenvalue weighted by Gasteiger charge is 2.64. The lowest BCUT2D eigenvalue weighted by molar-refractivity contribution is -0.155. The molecule has 0 aromatic rings. The molecule has 2 saturated carbocycles. The van der Waals surface area contributed by atoms with Crippen molar-refractivity contribution in [3.8, 4) is 0 Å². The molecule has 0 unspecified atom stereocenters. The zero-order valence-corrected chi connectivity index (χ0v) is 15.4. The van der Waals surface area contributed by atoms with Crippen LogP contribution in [0.1, 0.15) is 19.8 Å². The minimum absolute atomic E-state index is 0.182. The summed E-state index contributed by atoms with van der Waals surface area (Å²) in [6.45, 7) is 13.0. The second-order valence-electron chi connectivity index (χ2n) is 7.52. The van der Waals surface area contributed by atoms with Crippen LogP contribution in [0.4, 0.5) is 0 Å². The number of aliphatic hydroxyl groups is 2. The van der Waals surface area contributed by atoms with E-state index in [4.69, 9.17) is 21.1 Å². The maximum atomic E-state index is 12.2. The van der Waals surface area contributed by atoms with Gasteiger partial charge in [0.2, 0.25) is 0 Å². The van der Waals surface area contributed by atoms with Crippen molar-refractivity contribution < 1.29 is 29.3 Å². The first-order valence-electron chi connectivity index (χ1n) is 8.52. The largest absolute Gasteiger partial charge is 0.458 e. The van der Waals surface area contributed by atoms with Gasteiger partial charge in [-0.2, -0.15) is 0 Å². The first-order chi connectivity index (χ1) is 12.1. The second-order valence-corrected chi connectivity index (χ2v) is 7.78. The summed E-state index contributed by atoms with van der Waals surface area (Å²) in [7, 11) is 0. The van der Waals surface area contributed by atoms with Gasteiger partial charge in [-0.05, 0) is 19.3 Å². The maximum absolute atomic E-state index is 12.2. The number of carbonyl (C=O) groups is 2. The van der Waals surface area contributed by atoms with Crippen LogP contribution >= 0.6 is 11.6 Å². The van der Waals surface area contributed by atoms with Gasteiger partial charge >= 0.3 is 11.9 Å². The number of esters is 2. The van der Waals surface area contributed by atoms with E-state index in [1.165, 1.54) is 6.92 Å². The summed E-state index contributed by atoms with van der Waals surface area (Å²) in [4.78, 5) is 24.3. The van der Waals surface area contributed by atoms with E-state index in [-0.39, 0.29) is 35.8 Å². The second kappa shape index (κ2) is 6.51. The van der Waals surface area contributed by atoms with Gasteiger partial charge in [0.15, 0.2) is 0 Å². The molecule has 7 heteroatoms. The summed E-state index contributed by atoms with van der Waals surface area (Å²) >= 11 is 5.99. The molecule has 1 heterocycles. The lowest BCUT2D eigenvalue weighted by atomic mass is 9.76. The van der Waals surface area contributed by atoms with Crippen molar-refractivity contribution in [3.63, 3.8) is 0 Å². The Morgan fingerprint density at radius 1 is 1.46 bits per heavy atom. The predicted molar refractivity (Wildman–Crippen MR) is 94.2 cm³/mol. The number of fused-ring (bicyclic) bond motifs is 3. The highest BCUT2D eigenvalue weighted by atomic mass is 35.5. The zero-order chi connectivity index (χ0) is 19.4. The molecule has 0 aromatic heterocycles. The Bertz CT molecular complexity index is 700. The Balaban J connectivity index is 2.04. The van der Waals surface area contributed by atoms with E-state index in [9.17, 15) is 19.8 Å². The van der Waals surface area contributed by atoms with Crippen LogP contribution in [0.3, 0.4) is 0 Å². The van der Waals surface area contributed by atoms with Crippen molar-refractivity contribution in [1.29, 1.82) is 0 Å². The molecule has 2 N–H and O–H groups in total. The lowest BCUT2D eigenvalue weighted by Gasteiger charge is -2.37. The minimum atomic E-state index is -1.63. The Kier molecular flexibility index (Phi) is 4.80. The van der Waals surface area contributed by atoms with E-state index < -0.39 is 47.7 Å². The number of carbonyl (C=O) groups excluding carboxylic acids is 2. The van der Waals surface area contributed by atoms with Gasteiger partial charge in [-0.25, -0.2) is 9.59 Å². The lowest BCUT2D eigenvalue weighted by Crippen LogP contribution is -2.52. The van der Waals surface area contributed by atoms with Gasteiger partial charge in [0, 0.05) is 23.5 Å². The summed E-state index contributed by atoms with van der Waals surface area (Å²) in [6, 6.07) is 0. The fourth-order valence-electron chi connectivity index (χ4n) is 4.50. The van der Waals surface area contributed by atoms with E-state index >= 15 is 0 Å². The van der Waals surface area contributed by atoms with E-state index in [1.807, 2.05) is 0 Å². The molecule has 2 aliphatic carbocycles. The van der Waals surface area contributed by atoms with Crippen molar-refractivity contribution in [1.82, 2.24) is 0 Å². The van der Waals surface area contributed by atoms with Crippen LogP contribution in [0.2, 0.25) is 0 Å². The van der Waals surface area contributed by atoms with Crippen molar-refractivity contribution in [2.24, 2.45) is 17.8 Å². The minimum Gasteiger partial charge on any atom is -0.458 e. The van der Waals surface area contributed by atoms with Gasteiger partial charge in [0.05, 0.1) is 17.9 Å². The van der Waals surface area contributed by atoms with Crippen molar-refractivity contribution in [2.45, 2.75) is 43.7 Å². The molecular formula is C19H23ClO6. The standard InChI is InChI=1S/C19H23ClO6/c1-8(2)17(22)25-12-5-9(3)11-6-13(21)19(24,7-20)15(11)16-14(12)10(4)18(23)26-16/h11-16,21,24H,1,3-7H2,2H3/t11-,12-,13-,14+,15-,16-,19-/m0/s1. The molecule has 0 bridgehead atoms. The molecule has 0 radical (unpaired) electrons. The Morgan fingerprint density at radius 3 is 2.69 bits per heavy atom.